The number of hydrogen-bond acceptors (Lipinski definition) is 3. The predicted octanol–water partition coefficient (Wildman–Crippen LogP) is 1.95. The molecule has 1 atom stereocenters. The Bertz CT molecular complexity index is 287. The van der Waals surface area contributed by atoms with E-state index in [2.05, 4.69) is 5.32 Å². The summed E-state index contributed by atoms with van der Waals surface area (Å²) < 4.78 is 4.89. The second-order valence-electron chi connectivity index (χ2n) is 5.30. The molecule has 1 saturated carbocycles. The molecule has 1 aliphatic rings. The molecule has 0 bridgehead atoms. The van der Waals surface area contributed by atoms with Gasteiger partial charge in [-0.1, -0.05) is 19.3 Å². The molecule has 1 unspecified atom stereocenters. The van der Waals surface area contributed by atoms with Gasteiger partial charge < -0.3 is 15.2 Å². The van der Waals surface area contributed by atoms with Gasteiger partial charge in [-0.2, -0.15) is 0 Å². The minimum atomic E-state index is -0.965. The van der Waals surface area contributed by atoms with Crippen LogP contribution in [-0.2, 0) is 14.3 Å². The van der Waals surface area contributed by atoms with Crippen molar-refractivity contribution >= 4 is 11.9 Å². The lowest BCUT2D eigenvalue weighted by Gasteiger charge is -2.22. The quantitative estimate of drug-likeness (QED) is 0.662. The van der Waals surface area contributed by atoms with Crippen molar-refractivity contribution < 1.29 is 19.4 Å². The third-order valence-corrected chi connectivity index (χ3v) is 3.67. The molecular weight excluding hydrogens is 246 g/mol. The van der Waals surface area contributed by atoms with Gasteiger partial charge in [-0.25, -0.2) is 4.79 Å². The maximum Gasteiger partial charge on any atom is 0.326 e. The van der Waals surface area contributed by atoms with Gasteiger partial charge in [0.2, 0.25) is 5.91 Å². The molecule has 0 aromatic rings. The van der Waals surface area contributed by atoms with Crippen LogP contribution in [0, 0.1) is 5.92 Å². The van der Waals surface area contributed by atoms with Crippen molar-refractivity contribution in [3.8, 4) is 0 Å². The number of carboxylic acids is 1. The maximum atomic E-state index is 11.9. The van der Waals surface area contributed by atoms with E-state index in [1.54, 1.807) is 7.11 Å². The van der Waals surface area contributed by atoms with Crippen molar-refractivity contribution in [3.05, 3.63) is 0 Å². The summed E-state index contributed by atoms with van der Waals surface area (Å²) in [6, 6.07) is -0.786. The van der Waals surface area contributed by atoms with Crippen molar-refractivity contribution in [1.29, 1.82) is 0 Å². The summed E-state index contributed by atoms with van der Waals surface area (Å²) in [5.41, 5.74) is 0. The largest absolute Gasteiger partial charge is 0.480 e. The van der Waals surface area contributed by atoms with E-state index in [9.17, 15) is 9.59 Å². The normalized spacial score (nSPS) is 17.9. The van der Waals surface area contributed by atoms with Crippen molar-refractivity contribution in [2.24, 2.45) is 5.92 Å². The van der Waals surface area contributed by atoms with Crippen LogP contribution in [0.3, 0.4) is 0 Å². The van der Waals surface area contributed by atoms with Gasteiger partial charge >= 0.3 is 5.97 Å². The van der Waals surface area contributed by atoms with Gasteiger partial charge in [0, 0.05) is 20.1 Å². The fourth-order valence-electron chi connectivity index (χ4n) is 2.60. The smallest absolute Gasteiger partial charge is 0.326 e. The highest BCUT2D eigenvalue weighted by atomic mass is 16.5. The first-order valence-corrected chi connectivity index (χ1v) is 7.14. The van der Waals surface area contributed by atoms with Gasteiger partial charge in [0.25, 0.3) is 0 Å². The summed E-state index contributed by atoms with van der Waals surface area (Å²) in [6.07, 6.45) is 7.34. The van der Waals surface area contributed by atoms with Gasteiger partial charge in [-0.05, 0) is 31.6 Å². The zero-order chi connectivity index (χ0) is 14.1. The standard InChI is InChI=1S/C14H25NO4/c1-19-9-5-8-12(14(17)18)15-13(16)10-11-6-3-2-4-7-11/h11-12H,2-10H2,1H3,(H,15,16)(H,17,18). The first-order chi connectivity index (χ1) is 9.13. The minimum Gasteiger partial charge on any atom is -0.480 e. The van der Waals surface area contributed by atoms with Crippen LogP contribution in [0.1, 0.15) is 51.4 Å². The van der Waals surface area contributed by atoms with E-state index in [1.165, 1.54) is 19.3 Å². The van der Waals surface area contributed by atoms with Crippen molar-refractivity contribution in [3.63, 3.8) is 0 Å². The molecule has 19 heavy (non-hydrogen) atoms. The Morgan fingerprint density at radius 1 is 1.32 bits per heavy atom. The molecule has 110 valence electrons. The average Bonchev–Trinajstić information content (AvgIpc) is 2.38. The molecule has 0 heterocycles. The Labute approximate surface area is 114 Å². The van der Waals surface area contributed by atoms with Crippen LogP contribution in [-0.4, -0.2) is 36.7 Å². The number of carbonyl (C=O) groups excluding carboxylic acids is 1. The predicted molar refractivity (Wildman–Crippen MR) is 71.9 cm³/mol. The molecular formula is C14H25NO4. The van der Waals surface area contributed by atoms with Crippen LogP contribution in [0.15, 0.2) is 0 Å². The molecule has 5 nitrogen and oxygen atoms in total. The lowest BCUT2D eigenvalue weighted by Crippen LogP contribution is -2.41. The molecule has 0 aromatic carbocycles. The molecule has 5 heteroatoms. The van der Waals surface area contributed by atoms with E-state index < -0.39 is 12.0 Å². The summed E-state index contributed by atoms with van der Waals surface area (Å²) in [6.45, 7) is 0.516. The van der Waals surface area contributed by atoms with Gasteiger partial charge in [-0.15, -0.1) is 0 Å². The lowest BCUT2D eigenvalue weighted by atomic mass is 9.87. The Morgan fingerprint density at radius 2 is 2.00 bits per heavy atom. The van der Waals surface area contributed by atoms with Gasteiger partial charge in [-0.3, -0.25) is 4.79 Å². The monoisotopic (exact) mass is 271 g/mol. The minimum absolute atomic E-state index is 0.128. The molecule has 0 saturated heterocycles. The summed E-state index contributed by atoms with van der Waals surface area (Å²) in [5, 5.41) is 11.7. The highest BCUT2D eigenvalue weighted by Crippen LogP contribution is 2.26. The van der Waals surface area contributed by atoms with Gasteiger partial charge in [0.1, 0.15) is 6.04 Å². The third kappa shape index (κ3) is 6.57. The number of rotatable bonds is 8. The molecule has 1 aliphatic carbocycles. The average molecular weight is 271 g/mol. The molecule has 0 aliphatic heterocycles. The van der Waals surface area contributed by atoms with Crippen LogP contribution in [0.5, 0.6) is 0 Å². The van der Waals surface area contributed by atoms with E-state index in [0.29, 0.717) is 31.8 Å². The highest BCUT2D eigenvalue weighted by Gasteiger charge is 2.22. The number of aliphatic carboxylic acids is 1. The molecule has 1 amide bonds. The number of methoxy groups -OCH3 is 1. The number of carboxylic acid groups (broad SMARTS) is 1. The molecule has 1 fully saturated rings. The maximum absolute atomic E-state index is 11.9. The topological polar surface area (TPSA) is 75.6 Å². The summed E-state index contributed by atoms with van der Waals surface area (Å²) in [7, 11) is 1.58. The Kier molecular flexibility index (Phi) is 7.48. The fourth-order valence-corrected chi connectivity index (χ4v) is 2.60. The fraction of sp³-hybridized carbons (Fsp3) is 0.857. The van der Waals surface area contributed by atoms with Crippen molar-refractivity contribution in [1.82, 2.24) is 5.32 Å². The van der Waals surface area contributed by atoms with Crippen LogP contribution in [0.25, 0.3) is 0 Å². The van der Waals surface area contributed by atoms with E-state index in [4.69, 9.17) is 9.84 Å². The Morgan fingerprint density at radius 3 is 2.58 bits per heavy atom. The lowest BCUT2D eigenvalue weighted by molar-refractivity contribution is -0.142. The first kappa shape index (κ1) is 16.0. The number of carbonyl (C=O) groups is 2. The zero-order valence-corrected chi connectivity index (χ0v) is 11.7. The Balaban J connectivity index is 2.31. The molecule has 0 radical (unpaired) electrons. The Hall–Kier alpha value is -1.10. The highest BCUT2D eigenvalue weighted by molar-refractivity contribution is 5.83. The number of amides is 1. The second kappa shape index (κ2) is 8.91. The van der Waals surface area contributed by atoms with E-state index in [1.807, 2.05) is 0 Å². The number of nitrogens with one attached hydrogen (secondary N) is 1. The molecule has 0 aromatic heterocycles. The van der Waals surface area contributed by atoms with E-state index >= 15 is 0 Å². The SMILES string of the molecule is COCCCC(NC(=O)CC1CCCCC1)C(=O)O. The van der Waals surface area contributed by atoms with Crippen LogP contribution in [0.4, 0.5) is 0 Å². The zero-order valence-electron chi connectivity index (χ0n) is 11.7. The molecule has 0 spiro atoms. The molecule has 2 N–H and O–H groups in total. The second-order valence-corrected chi connectivity index (χ2v) is 5.30. The summed E-state index contributed by atoms with van der Waals surface area (Å²) in [4.78, 5) is 22.9. The summed E-state index contributed by atoms with van der Waals surface area (Å²) in [5.74, 6) is -0.660. The molecule has 1 rings (SSSR count). The van der Waals surface area contributed by atoms with Crippen molar-refractivity contribution in [2.45, 2.75) is 57.4 Å². The van der Waals surface area contributed by atoms with E-state index in [-0.39, 0.29) is 5.91 Å². The number of ether oxygens (including phenoxy) is 1. The van der Waals surface area contributed by atoms with E-state index in [0.717, 1.165) is 12.8 Å². The summed E-state index contributed by atoms with van der Waals surface area (Å²) >= 11 is 0. The third-order valence-electron chi connectivity index (χ3n) is 3.67. The van der Waals surface area contributed by atoms with Crippen LogP contribution < -0.4 is 5.32 Å². The number of hydrogen-bond donors (Lipinski definition) is 2. The van der Waals surface area contributed by atoms with Gasteiger partial charge in [0.15, 0.2) is 0 Å². The van der Waals surface area contributed by atoms with Crippen LogP contribution >= 0.6 is 0 Å². The van der Waals surface area contributed by atoms with Gasteiger partial charge in [0.05, 0.1) is 0 Å². The van der Waals surface area contributed by atoms with Crippen molar-refractivity contribution in [2.75, 3.05) is 13.7 Å². The first-order valence-electron chi connectivity index (χ1n) is 7.14. The van der Waals surface area contributed by atoms with Crippen LogP contribution in [0.2, 0.25) is 0 Å².